The van der Waals surface area contributed by atoms with E-state index in [-0.39, 0.29) is 6.04 Å². The van der Waals surface area contributed by atoms with Crippen molar-refractivity contribution in [3.8, 4) is 0 Å². The number of hydrogen-bond acceptors (Lipinski definition) is 2. The van der Waals surface area contributed by atoms with Crippen LogP contribution in [-0.4, -0.2) is 21.8 Å². The summed E-state index contributed by atoms with van der Waals surface area (Å²) in [7, 11) is 0. The summed E-state index contributed by atoms with van der Waals surface area (Å²) in [4.78, 5) is 11.6. The molecule has 0 aliphatic heterocycles. The zero-order valence-electron chi connectivity index (χ0n) is 11.3. The summed E-state index contributed by atoms with van der Waals surface area (Å²) < 4.78 is 0. The Bertz CT molecular complexity index is 340. The zero-order valence-corrected chi connectivity index (χ0v) is 11.3. The van der Waals surface area contributed by atoms with E-state index >= 15 is 0 Å². The van der Waals surface area contributed by atoms with Gasteiger partial charge < -0.3 is 10.7 Å². The normalized spacial score (nSPS) is 16.2. The van der Waals surface area contributed by atoms with Crippen LogP contribution in [0.25, 0.3) is 0 Å². The second kappa shape index (κ2) is 6.42. The van der Waals surface area contributed by atoms with Gasteiger partial charge in [-0.05, 0) is 32.6 Å². The smallest absolute Gasteiger partial charge is 0.0968 e. The number of hydrogen-bond donors (Lipinski definition) is 2. The van der Waals surface area contributed by atoms with Crippen LogP contribution in [0.4, 0.5) is 0 Å². The van der Waals surface area contributed by atoms with Crippen LogP contribution in [0, 0.1) is 5.92 Å². The fourth-order valence-electron chi connectivity index (χ4n) is 1.76. The minimum absolute atomic E-state index is 0.279. The molecule has 2 unspecified atom stereocenters. The van der Waals surface area contributed by atoms with Gasteiger partial charge in [-0.25, -0.2) is 4.98 Å². The summed E-state index contributed by atoms with van der Waals surface area (Å²) in [5, 5.41) is 0. The van der Waals surface area contributed by atoms with Gasteiger partial charge >= 0.3 is 0 Å². The molecule has 0 bridgehead atoms. The van der Waals surface area contributed by atoms with Crippen molar-refractivity contribution in [2.75, 3.05) is 0 Å². The maximum atomic E-state index is 5.95. The number of aliphatic imine (C=N–C) groups is 1. The van der Waals surface area contributed by atoms with Crippen LogP contribution in [0.5, 0.6) is 0 Å². The summed E-state index contributed by atoms with van der Waals surface area (Å²) in [6, 6.07) is 0.279. The monoisotopic (exact) mass is 236 g/mol. The van der Waals surface area contributed by atoms with Crippen molar-refractivity contribution in [1.29, 1.82) is 0 Å². The number of aromatic amines is 1. The lowest BCUT2D eigenvalue weighted by molar-refractivity contribution is 0.561. The van der Waals surface area contributed by atoms with Gasteiger partial charge in [0, 0.05) is 18.2 Å². The summed E-state index contributed by atoms with van der Waals surface area (Å²) in [6.07, 6.45) is 5.82. The Labute approximate surface area is 104 Å². The van der Waals surface area contributed by atoms with Gasteiger partial charge in [0.1, 0.15) is 0 Å². The third kappa shape index (κ3) is 4.59. The van der Waals surface area contributed by atoms with Crippen LogP contribution < -0.4 is 5.73 Å². The number of nitrogens with zero attached hydrogens (tertiary/aromatic N) is 2. The molecule has 0 amide bonds. The first-order valence-corrected chi connectivity index (χ1v) is 6.32. The Balaban J connectivity index is 2.40. The molecule has 2 atom stereocenters. The highest BCUT2D eigenvalue weighted by molar-refractivity contribution is 5.82. The van der Waals surface area contributed by atoms with E-state index < -0.39 is 0 Å². The second-order valence-electron chi connectivity index (χ2n) is 5.02. The fraction of sp³-hybridized carbons (Fsp3) is 0.692. The molecule has 0 aromatic carbocycles. The maximum Gasteiger partial charge on any atom is 0.0968 e. The molecule has 4 nitrogen and oxygen atoms in total. The van der Waals surface area contributed by atoms with Crippen LogP contribution in [0.3, 0.4) is 0 Å². The van der Waals surface area contributed by atoms with Crippen molar-refractivity contribution >= 4 is 5.84 Å². The molecule has 0 fully saturated rings. The minimum Gasteiger partial charge on any atom is -0.387 e. The van der Waals surface area contributed by atoms with E-state index in [1.165, 1.54) is 0 Å². The highest BCUT2D eigenvalue weighted by Gasteiger charge is 2.12. The highest BCUT2D eigenvalue weighted by atomic mass is 14.9. The number of rotatable bonds is 6. The van der Waals surface area contributed by atoms with Gasteiger partial charge in [0.2, 0.25) is 0 Å². The maximum absolute atomic E-state index is 5.95. The molecular weight excluding hydrogens is 212 g/mol. The van der Waals surface area contributed by atoms with Gasteiger partial charge in [-0.3, -0.25) is 4.99 Å². The fourth-order valence-corrected chi connectivity index (χ4v) is 1.76. The van der Waals surface area contributed by atoms with Crippen LogP contribution in [0.1, 0.15) is 52.1 Å². The molecule has 0 aliphatic rings. The Kier molecular flexibility index (Phi) is 5.19. The van der Waals surface area contributed by atoms with Gasteiger partial charge in [-0.2, -0.15) is 0 Å². The summed E-state index contributed by atoms with van der Waals surface area (Å²) in [5.74, 6) is 1.59. The highest BCUT2D eigenvalue weighted by Crippen LogP contribution is 2.20. The predicted octanol–water partition coefficient (Wildman–Crippen LogP) is 2.70. The number of nitrogens with one attached hydrogen (secondary N) is 1. The largest absolute Gasteiger partial charge is 0.387 e. The number of imidazole rings is 1. The van der Waals surface area contributed by atoms with Gasteiger partial charge in [0.15, 0.2) is 0 Å². The van der Waals surface area contributed by atoms with E-state index in [0.717, 1.165) is 24.4 Å². The number of amidine groups is 1. The van der Waals surface area contributed by atoms with Crippen molar-refractivity contribution in [2.24, 2.45) is 16.6 Å². The minimum atomic E-state index is 0.279. The SMILES string of the molecule is CC(C)/N=C(\N)C(C)CCC(C)c1c[nH]cn1. The summed E-state index contributed by atoms with van der Waals surface area (Å²) in [6.45, 7) is 8.43. The number of nitrogens with two attached hydrogens (primary N) is 1. The standard InChI is InChI=1S/C13H24N4/c1-9(2)17-13(14)11(4)6-5-10(3)12-7-15-8-16-12/h7-11H,5-6H2,1-4H3,(H2,14,17)(H,15,16). The van der Waals surface area contributed by atoms with Crippen LogP contribution >= 0.6 is 0 Å². The summed E-state index contributed by atoms with van der Waals surface area (Å²) >= 11 is 0. The van der Waals surface area contributed by atoms with E-state index in [4.69, 9.17) is 5.73 Å². The van der Waals surface area contributed by atoms with Gasteiger partial charge in [0.25, 0.3) is 0 Å². The van der Waals surface area contributed by atoms with Crippen LogP contribution in [0.2, 0.25) is 0 Å². The first kappa shape index (κ1) is 13.7. The molecule has 1 aromatic rings. The Hall–Kier alpha value is -1.32. The molecular formula is C13H24N4. The first-order chi connectivity index (χ1) is 8.00. The average molecular weight is 236 g/mol. The predicted molar refractivity (Wildman–Crippen MR) is 72.2 cm³/mol. The molecule has 1 aromatic heterocycles. The molecule has 1 rings (SSSR count). The zero-order chi connectivity index (χ0) is 12.8. The molecule has 17 heavy (non-hydrogen) atoms. The van der Waals surface area contributed by atoms with E-state index in [1.807, 2.05) is 20.0 Å². The van der Waals surface area contributed by atoms with Crippen LogP contribution in [0.15, 0.2) is 17.5 Å². The third-order valence-corrected chi connectivity index (χ3v) is 2.97. The van der Waals surface area contributed by atoms with Crippen molar-refractivity contribution < 1.29 is 0 Å². The molecule has 0 saturated heterocycles. The Morgan fingerprint density at radius 2 is 2.06 bits per heavy atom. The quantitative estimate of drug-likeness (QED) is 0.589. The van der Waals surface area contributed by atoms with E-state index in [0.29, 0.717) is 11.8 Å². The third-order valence-electron chi connectivity index (χ3n) is 2.97. The van der Waals surface area contributed by atoms with E-state index in [1.54, 1.807) is 6.33 Å². The Morgan fingerprint density at radius 3 is 2.59 bits per heavy atom. The molecule has 4 heteroatoms. The second-order valence-corrected chi connectivity index (χ2v) is 5.02. The lowest BCUT2D eigenvalue weighted by Gasteiger charge is -2.14. The number of H-pyrrole nitrogens is 1. The topological polar surface area (TPSA) is 67.1 Å². The molecule has 0 aliphatic carbocycles. The van der Waals surface area contributed by atoms with Gasteiger partial charge in [-0.15, -0.1) is 0 Å². The Morgan fingerprint density at radius 1 is 1.35 bits per heavy atom. The first-order valence-electron chi connectivity index (χ1n) is 6.32. The lowest BCUT2D eigenvalue weighted by Crippen LogP contribution is -2.23. The van der Waals surface area contributed by atoms with Gasteiger partial charge in [-0.1, -0.05) is 13.8 Å². The molecule has 96 valence electrons. The lowest BCUT2D eigenvalue weighted by atomic mass is 9.95. The van der Waals surface area contributed by atoms with E-state index in [2.05, 4.69) is 28.8 Å². The summed E-state index contributed by atoms with van der Waals surface area (Å²) in [5.41, 5.74) is 7.07. The van der Waals surface area contributed by atoms with Crippen molar-refractivity contribution in [3.05, 3.63) is 18.2 Å². The van der Waals surface area contributed by atoms with E-state index in [9.17, 15) is 0 Å². The van der Waals surface area contributed by atoms with Crippen molar-refractivity contribution in [1.82, 2.24) is 9.97 Å². The van der Waals surface area contributed by atoms with Gasteiger partial charge in [0.05, 0.1) is 17.9 Å². The molecule has 0 spiro atoms. The van der Waals surface area contributed by atoms with Crippen LogP contribution in [-0.2, 0) is 0 Å². The van der Waals surface area contributed by atoms with Crippen molar-refractivity contribution in [3.63, 3.8) is 0 Å². The number of aromatic nitrogens is 2. The molecule has 0 saturated carbocycles. The van der Waals surface area contributed by atoms with Crippen molar-refractivity contribution in [2.45, 2.75) is 52.5 Å². The molecule has 3 N–H and O–H groups in total. The molecule has 0 radical (unpaired) electrons. The molecule has 1 heterocycles. The average Bonchev–Trinajstić information content (AvgIpc) is 2.77.